The van der Waals surface area contributed by atoms with Crippen molar-refractivity contribution in [3.63, 3.8) is 0 Å². The number of thiocarbonyl (C=S) groups is 1. The molecule has 0 aromatic rings. The van der Waals surface area contributed by atoms with Gasteiger partial charge in [-0.15, -0.1) is 0 Å². The topological polar surface area (TPSA) is 32.5 Å². The molecule has 0 aromatic carbocycles. The second-order valence-corrected chi connectivity index (χ2v) is 3.89. The van der Waals surface area contributed by atoms with Crippen molar-refractivity contribution in [2.24, 2.45) is 5.73 Å². The highest BCUT2D eigenvalue weighted by atomic mass is 32.1. The maximum absolute atomic E-state index is 5.58. The van der Waals surface area contributed by atoms with Crippen LogP contribution in [0.25, 0.3) is 0 Å². The molecular weight excluding hydrogens is 170 g/mol. The lowest BCUT2D eigenvalue weighted by Gasteiger charge is -2.35. The largest absolute Gasteiger partial charge is 0.392 e. The first-order chi connectivity index (χ1) is 5.61. The molecule has 4 heteroatoms. The number of likely N-dealkylation sites (N-methyl/N-ethyl adjacent to an activating group) is 1. The Morgan fingerprint density at radius 1 is 1.33 bits per heavy atom. The zero-order valence-electron chi connectivity index (χ0n) is 7.79. The molecule has 1 unspecified atom stereocenters. The van der Waals surface area contributed by atoms with Gasteiger partial charge < -0.3 is 10.6 Å². The second-order valence-electron chi connectivity index (χ2n) is 3.42. The summed E-state index contributed by atoms with van der Waals surface area (Å²) in [4.78, 5) is 5.27. The molecule has 0 amide bonds. The second kappa shape index (κ2) is 4.16. The number of piperazine rings is 1. The van der Waals surface area contributed by atoms with Gasteiger partial charge in [-0.3, -0.25) is 4.90 Å². The summed E-state index contributed by atoms with van der Waals surface area (Å²) in [5, 5.41) is 0. The Labute approximate surface area is 79.5 Å². The molecule has 0 aromatic heterocycles. The Kier molecular flexibility index (Phi) is 3.43. The molecular formula is C8H17N3S. The molecule has 1 fully saturated rings. The van der Waals surface area contributed by atoms with Crippen molar-refractivity contribution in [1.29, 1.82) is 0 Å². The highest BCUT2D eigenvalue weighted by Crippen LogP contribution is 2.04. The maximum Gasteiger partial charge on any atom is 0.0899 e. The third-order valence-electron chi connectivity index (χ3n) is 2.50. The quantitative estimate of drug-likeness (QED) is 0.612. The fourth-order valence-corrected chi connectivity index (χ4v) is 1.54. The fraction of sp³-hybridized carbons (Fsp3) is 0.875. The number of nitrogens with zero attached hydrogens (tertiary/aromatic N) is 2. The van der Waals surface area contributed by atoms with E-state index in [2.05, 4.69) is 23.8 Å². The van der Waals surface area contributed by atoms with E-state index in [1.165, 1.54) is 0 Å². The molecule has 0 spiro atoms. The molecule has 1 rings (SSSR count). The minimum atomic E-state index is 0.258. The lowest BCUT2D eigenvalue weighted by atomic mass is 10.2. The molecule has 2 N–H and O–H groups in total. The van der Waals surface area contributed by atoms with Crippen LogP contribution in [-0.2, 0) is 0 Å². The van der Waals surface area contributed by atoms with Crippen LogP contribution in [0.1, 0.15) is 6.92 Å². The third-order valence-corrected chi connectivity index (χ3v) is 2.84. The smallest absolute Gasteiger partial charge is 0.0899 e. The Morgan fingerprint density at radius 3 is 2.25 bits per heavy atom. The highest BCUT2D eigenvalue weighted by Gasteiger charge is 2.20. The van der Waals surface area contributed by atoms with E-state index in [1.807, 2.05) is 0 Å². The Balaban J connectivity index is 2.39. The van der Waals surface area contributed by atoms with Crippen LogP contribution in [0.5, 0.6) is 0 Å². The molecule has 1 saturated heterocycles. The van der Waals surface area contributed by atoms with E-state index < -0.39 is 0 Å². The first-order valence-corrected chi connectivity index (χ1v) is 4.74. The highest BCUT2D eigenvalue weighted by molar-refractivity contribution is 7.80. The van der Waals surface area contributed by atoms with Crippen molar-refractivity contribution in [1.82, 2.24) is 9.80 Å². The van der Waals surface area contributed by atoms with Gasteiger partial charge >= 0.3 is 0 Å². The summed E-state index contributed by atoms with van der Waals surface area (Å²) in [6.45, 7) is 6.47. The lowest BCUT2D eigenvalue weighted by molar-refractivity contribution is 0.143. The predicted octanol–water partition coefficient (Wildman–Crippen LogP) is -0.0916. The van der Waals surface area contributed by atoms with Crippen molar-refractivity contribution in [2.45, 2.75) is 13.0 Å². The molecule has 12 heavy (non-hydrogen) atoms. The van der Waals surface area contributed by atoms with Gasteiger partial charge in [-0.2, -0.15) is 0 Å². The molecule has 1 aliphatic rings. The summed E-state index contributed by atoms with van der Waals surface area (Å²) in [6.07, 6.45) is 0. The van der Waals surface area contributed by atoms with E-state index >= 15 is 0 Å². The van der Waals surface area contributed by atoms with Gasteiger partial charge in [0.15, 0.2) is 0 Å². The lowest BCUT2D eigenvalue weighted by Crippen LogP contribution is -2.51. The SMILES string of the molecule is CC(C(N)=S)N1CCN(C)CC1. The van der Waals surface area contributed by atoms with Gasteiger partial charge in [0, 0.05) is 26.2 Å². The van der Waals surface area contributed by atoms with Crippen LogP contribution in [0.2, 0.25) is 0 Å². The minimum Gasteiger partial charge on any atom is -0.392 e. The van der Waals surface area contributed by atoms with Gasteiger partial charge in [0.25, 0.3) is 0 Å². The van der Waals surface area contributed by atoms with Crippen LogP contribution in [0.15, 0.2) is 0 Å². The number of hydrogen-bond donors (Lipinski definition) is 1. The fourth-order valence-electron chi connectivity index (χ4n) is 1.39. The minimum absolute atomic E-state index is 0.258. The summed E-state index contributed by atoms with van der Waals surface area (Å²) in [7, 11) is 2.14. The summed E-state index contributed by atoms with van der Waals surface area (Å²) >= 11 is 4.95. The molecule has 70 valence electrons. The molecule has 1 heterocycles. The molecule has 1 atom stereocenters. The molecule has 1 aliphatic heterocycles. The molecule has 0 aliphatic carbocycles. The third kappa shape index (κ3) is 2.40. The van der Waals surface area contributed by atoms with Gasteiger partial charge in [0.1, 0.15) is 0 Å². The number of hydrogen-bond acceptors (Lipinski definition) is 3. The van der Waals surface area contributed by atoms with Crippen LogP contribution in [-0.4, -0.2) is 54.1 Å². The summed E-state index contributed by atoms with van der Waals surface area (Å²) in [6, 6.07) is 0.258. The molecule has 0 radical (unpaired) electrons. The van der Waals surface area contributed by atoms with Gasteiger partial charge in [0.05, 0.1) is 11.0 Å². The van der Waals surface area contributed by atoms with Gasteiger partial charge in [-0.05, 0) is 14.0 Å². The van der Waals surface area contributed by atoms with E-state index in [1.54, 1.807) is 0 Å². The number of rotatable bonds is 2. The average molecular weight is 187 g/mol. The van der Waals surface area contributed by atoms with Crippen LogP contribution in [0.3, 0.4) is 0 Å². The van der Waals surface area contributed by atoms with Gasteiger partial charge in [-0.25, -0.2) is 0 Å². The van der Waals surface area contributed by atoms with Crippen LogP contribution in [0, 0.1) is 0 Å². The maximum atomic E-state index is 5.58. The van der Waals surface area contributed by atoms with Crippen LogP contribution >= 0.6 is 12.2 Å². The van der Waals surface area contributed by atoms with E-state index in [-0.39, 0.29) is 6.04 Å². The normalized spacial score (nSPS) is 23.8. The van der Waals surface area contributed by atoms with Crippen molar-refractivity contribution >= 4 is 17.2 Å². The summed E-state index contributed by atoms with van der Waals surface area (Å²) in [5.74, 6) is 0. The standard InChI is InChI=1S/C8H17N3S/c1-7(8(9)12)11-5-3-10(2)4-6-11/h7H,3-6H2,1-2H3,(H2,9,12). The predicted molar refractivity (Wildman–Crippen MR) is 55.3 cm³/mol. The van der Waals surface area contributed by atoms with E-state index in [0.29, 0.717) is 4.99 Å². The van der Waals surface area contributed by atoms with Crippen molar-refractivity contribution in [3.05, 3.63) is 0 Å². The number of nitrogens with two attached hydrogens (primary N) is 1. The summed E-state index contributed by atoms with van der Waals surface area (Å²) in [5.41, 5.74) is 5.58. The van der Waals surface area contributed by atoms with E-state index in [0.717, 1.165) is 26.2 Å². The van der Waals surface area contributed by atoms with Gasteiger partial charge in [0.2, 0.25) is 0 Å². The molecule has 0 saturated carbocycles. The van der Waals surface area contributed by atoms with Crippen molar-refractivity contribution < 1.29 is 0 Å². The van der Waals surface area contributed by atoms with Crippen LogP contribution < -0.4 is 5.73 Å². The Morgan fingerprint density at radius 2 is 1.83 bits per heavy atom. The first kappa shape index (κ1) is 9.89. The Bertz CT molecular complexity index is 164. The van der Waals surface area contributed by atoms with E-state index in [9.17, 15) is 0 Å². The monoisotopic (exact) mass is 187 g/mol. The average Bonchev–Trinajstić information content (AvgIpc) is 2.04. The van der Waals surface area contributed by atoms with Crippen molar-refractivity contribution in [3.8, 4) is 0 Å². The molecule has 0 bridgehead atoms. The van der Waals surface area contributed by atoms with E-state index in [4.69, 9.17) is 18.0 Å². The van der Waals surface area contributed by atoms with Crippen LogP contribution in [0.4, 0.5) is 0 Å². The van der Waals surface area contributed by atoms with Gasteiger partial charge in [-0.1, -0.05) is 12.2 Å². The molecule has 3 nitrogen and oxygen atoms in total. The first-order valence-electron chi connectivity index (χ1n) is 4.33. The zero-order chi connectivity index (χ0) is 9.14. The Hall–Kier alpha value is -0.190. The van der Waals surface area contributed by atoms with Crippen molar-refractivity contribution in [2.75, 3.05) is 33.2 Å². The zero-order valence-corrected chi connectivity index (χ0v) is 8.60. The summed E-state index contributed by atoms with van der Waals surface area (Å²) < 4.78 is 0.